The van der Waals surface area contributed by atoms with Gasteiger partial charge in [0, 0.05) is 16.7 Å². The number of benzene rings is 2. The number of rotatable bonds is 5. The molecule has 1 amide bonds. The normalized spacial score (nSPS) is 11.9. The van der Waals surface area contributed by atoms with Crippen molar-refractivity contribution in [2.75, 3.05) is 5.32 Å². The highest BCUT2D eigenvalue weighted by Crippen LogP contribution is 2.25. The van der Waals surface area contributed by atoms with Crippen LogP contribution in [-0.2, 0) is 10.2 Å². The van der Waals surface area contributed by atoms with Crippen LogP contribution in [0.5, 0.6) is 0 Å². The Balaban J connectivity index is 1.94. The van der Waals surface area contributed by atoms with Gasteiger partial charge < -0.3 is 5.32 Å². The predicted octanol–water partition coefficient (Wildman–Crippen LogP) is 5.95. The molecule has 0 aliphatic carbocycles. The number of alkyl halides is 2. The van der Waals surface area contributed by atoms with Gasteiger partial charge in [-0.2, -0.15) is 8.78 Å². The van der Waals surface area contributed by atoms with Crippen LogP contribution >= 0.6 is 11.8 Å². The molecule has 0 bridgehead atoms. The number of carbonyl (C=O) groups excluding carboxylic acids is 1. The molecule has 0 aromatic heterocycles. The number of carbonyl (C=O) groups is 1. The number of hydrogen-bond donors (Lipinski definition) is 1. The van der Waals surface area contributed by atoms with Gasteiger partial charge in [0.1, 0.15) is 0 Å². The van der Waals surface area contributed by atoms with E-state index in [9.17, 15) is 13.6 Å². The van der Waals surface area contributed by atoms with Crippen LogP contribution in [0.1, 0.15) is 31.9 Å². The number of anilines is 1. The monoisotopic (exact) mass is 361 g/mol. The second kappa shape index (κ2) is 8.30. The summed E-state index contributed by atoms with van der Waals surface area (Å²) in [6.45, 7) is 6.40. The minimum Gasteiger partial charge on any atom is -0.323 e. The molecule has 2 rings (SSSR count). The largest absolute Gasteiger partial charge is 0.323 e. The van der Waals surface area contributed by atoms with E-state index in [0.29, 0.717) is 16.7 Å². The van der Waals surface area contributed by atoms with Crippen molar-refractivity contribution in [1.82, 2.24) is 0 Å². The number of halogens is 2. The van der Waals surface area contributed by atoms with E-state index in [1.165, 1.54) is 11.6 Å². The van der Waals surface area contributed by atoms with Crippen LogP contribution < -0.4 is 5.32 Å². The van der Waals surface area contributed by atoms with Crippen molar-refractivity contribution in [1.29, 1.82) is 0 Å². The number of amides is 1. The second-order valence-electron chi connectivity index (χ2n) is 6.60. The fraction of sp³-hybridized carbons (Fsp3) is 0.250. The van der Waals surface area contributed by atoms with Gasteiger partial charge in [0.05, 0.1) is 0 Å². The van der Waals surface area contributed by atoms with E-state index < -0.39 is 5.76 Å². The zero-order valence-corrected chi connectivity index (χ0v) is 15.2. The zero-order valence-electron chi connectivity index (χ0n) is 14.4. The Morgan fingerprint density at radius 3 is 2.16 bits per heavy atom. The minimum absolute atomic E-state index is 0.0667. The zero-order chi connectivity index (χ0) is 18.4. The second-order valence-corrected chi connectivity index (χ2v) is 7.66. The lowest BCUT2D eigenvalue weighted by Crippen LogP contribution is -2.12. The highest BCUT2D eigenvalue weighted by Gasteiger charge is 2.12. The summed E-state index contributed by atoms with van der Waals surface area (Å²) in [6, 6.07) is 14.4. The van der Waals surface area contributed by atoms with E-state index in [2.05, 4.69) is 26.1 Å². The summed E-state index contributed by atoms with van der Waals surface area (Å²) in [5, 5.41) is 2.80. The van der Waals surface area contributed by atoms with E-state index in [-0.39, 0.29) is 11.3 Å². The highest BCUT2D eigenvalue weighted by atomic mass is 32.2. The van der Waals surface area contributed by atoms with Crippen molar-refractivity contribution in [2.45, 2.75) is 36.8 Å². The van der Waals surface area contributed by atoms with E-state index in [0.717, 1.165) is 11.3 Å². The van der Waals surface area contributed by atoms with E-state index >= 15 is 0 Å². The van der Waals surface area contributed by atoms with Gasteiger partial charge in [0.15, 0.2) is 0 Å². The van der Waals surface area contributed by atoms with Crippen molar-refractivity contribution in [2.24, 2.45) is 0 Å². The summed E-state index contributed by atoms with van der Waals surface area (Å²) in [4.78, 5) is 12.5. The van der Waals surface area contributed by atoms with E-state index in [1.54, 1.807) is 30.3 Å². The first-order valence-electron chi connectivity index (χ1n) is 7.88. The van der Waals surface area contributed by atoms with Gasteiger partial charge in [-0.25, -0.2) is 0 Å². The molecule has 0 saturated carbocycles. The van der Waals surface area contributed by atoms with Gasteiger partial charge in [0.2, 0.25) is 5.91 Å². The molecule has 0 aliphatic heterocycles. The third-order valence-electron chi connectivity index (χ3n) is 3.55. The Hall–Kier alpha value is -2.14. The van der Waals surface area contributed by atoms with Gasteiger partial charge >= 0.3 is 0 Å². The number of hydrogen-bond acceptors (Lipinski definition) is 2. The van der Waals surface area contributed by atoms with E-state index in [4.69, 9.17) is 0 Å². The van der Waals surface area contributed by atoms with E-state index in [1.807, 2.05) is 24.3 Å². The SMILES string of the molecule is CC(C)(C)c1ccc(NC(=O)/C=C/c2ccc(SC(F)F)cc2)cc1. The summed E-state index contributed by atoms with van der Waals surface area (Å²) in [7, 11) is 0. The molecule has 2 aromatic rings. The molecule has 25 heavy (non-hydrogen) atoms. The molecule has 5 heteroatoms. The number of nitrogens with one attached hydrogen (secondary N) is 1. The molecule has 2 aromatic carbocycles. The van der Waals surface area contributed by atoms with Crippen LogP contribution in [0.2, 0.25) is 0 Å². The van der Waals surface area contributed by atoms with Crippen LogP contribution in [-0.4, -0.2) is 11.7 Å². The Morgan fingerprint density at radius 2 is 1.64 bits per heavy atom. The smallest absolute Gasteiger partial charge is 0.288 e. The van der Waals surface area contributed by atoms with Crippen LogP contribution in [0.15, 0.2) is 59.5 Å². The predicted molar refractivity (Wildman–Crippen MR) is 101 cm³/mol. The average molecular weight is 361 g/mol. The fourth-order valence-corrected chi connectivity index (χ4v) is 2.67. The van der Waals surface area contributed by atoms with Crippen molar-refractivity contribution >= 4 is 29.4 Å². The summed E-state index contributed by atoms with van der Waals surface area (Å²) < 4.78 is 24.5. The fourth-order valence-electron chi connectivity index (χ4n) is 2.17. The molecule has 0 aliphatic rings. The lowest BCUT2D eigenvalue weighted by molar-refractivity contribution is -0.111. The molecule has 0 saturated heterocycles. The third kappa shape index (κ3) is 6.35. The quantitative estimate of drug-likeness (QED) is 0.526. The summed E-state index contributed by atoms with van der Waals surface area (Å²) >= 11 is 0.499. The first kappa shape index (κ1) is 19.2. The Morgan fingerprint density at radius 1 is 1.04 bits per heavy atom. The summed E-state index contributed by atoms with van der Waals surface area (Å²) in [5.41, 5.74) is 2.77. The Labute approximate surface area is 151 Å². The molecule has 0 radical (unpaired) electrons. The maximum atomic E-state index is 12.3. The molecule has 1 N–H and O–H groups in total. The van der Waals surface area contributed by atoms with Crippen LogP contribution in [0.4, 0.5) is 14.5 Å². The maximum Gasteiger partial charge on any atom is 0.288 e. The lowest BCUT2D eigenvalue weighted by atomic mass is 9.87. The molecule has 0 spiro atoms. The van der Waals surface area contributed by atoms with Crippen molar-refractivity contribution in [3.8, 4) is 0 Å². The van der Waals surface area contributed by atoms with Gasteiger partial charge in [0.25, 0.3) is 5.76 Å². The van der Waals surface area contributed by atoms with Crippen LogP contribution in [0.25, 0.3) is 6.08 Å². The molecule has 0 heterocycles. The standard InChI is InChI=1S/C20H21F2NOS/c1-20(2,3)15-7-9-16(10-8-15)23-18(24)13-6-14-4-11-17(12-5-14)25-19(21)22/h4-13,19H,1-3H3,(H,23,24)/b13-6+. The van der Waals surface area contributed by atoms with Gasteiger partial charge in [-0.1, -0.05) is 56.8 Å². The summed E-state index contributed by atoms with van der Waals surface area (Å²) in [5.74, 6) is -2.67. The van der Waals surface area contributed by atoms with Crippen molar-refractivity contribution in [3.63, 3.8) is 0 Å². The lowest BCUT2D eigenvalue weighted by Gasteiger charge is -2.19. The molecule has 2 nitrogen and oxygen atoms in total. The Kier molecular flexibility index (Phi) is 6.37. The first-order valence-corrected chi connectivity index (χ1v) is 8.76. The minimum atomic E-state index is -2.43. The van der Waals surface area contributed by atoms with Crippen LogP contribution in [0, 0.1) is 0 Å². The van der Waals surface area contributed by atoms with Crippen molar-refractivity contribution < 1.29 is 13.6 Å². The molecule has 0 atom stereocenters. The van der Waals surface area contributed by atoms with Gasteiger partial charge in [-0.3, -0.25) is 4.79 Å². The van der Waals surface area contributed by atoms with Crippen molar-refractivity contribution in [3.05, 3.63) is 65.7 Å². The molecule has 0 fully saturated rings. The number of thioether (sulfide) groups is 1. The highest BCUT2D eigenvalue weighted by molar-refractivity contribution is 7.99. The maximum absolute atomic E-state index is 12.3. The van der Waals surface area contributed by atoms with Gasteiger partial charge in [-0.15, -0.1) is 0 Å². The molecule has 132 valence electrons. The molecule has 0 unspecified atom stereocenters. The molecular weight excluding hydrogens is 340 g/mol. The topological polar surface area (TPSA) is 29.1 Å². The first-order chi connectivity index (χ1) is 11.7. The molecular formula is C20H21F2NOS. The van der Waals surface area contributed by atoms with Crippen LogP contribution in [0.3, 0.4) is 0 Å². The third-order valence-corrected chi connectivity index (χ3v) is 4.27. The van der Waals surface area contributed by atoms with Gasteiger partial charge in [-0.05, 0) is 46.9 Å². The Bertz CT molecular complexity index is 732. The summed E-state index contributed by atoms with van der Waals surface area (Å²) in [6.07, 6.45) is 3.07. The average Bonchev–Trinajstić information content (AvgIpc) is 2.53.